The first kappa shape index (κ1) is 18.7. The summed E-state index contributed by atoms with van der Waals surface area (Å²) in [5, 5.41) is 19.4. The lowest BCUT2D eigenvalue weighted by Crippen LogP contribution is -2.39. The van der Waals surface area contributed by atoms with Gasteiger partial charge in [-0.25, -0.2) is 4.99 Å². The summed E-state index contributed by atoms with van der Waals surface area (Å²) in [4.78, 5) is 16.1. The number of non-ortho nitro benzene ring substituents is 1. The maximum Gasteiger partial charge on any atom is 0.269 e. The number of aliphatic imine (C=N–C) groups is 1. The van der Waals surface area contributed by atoms with Crippen molar-refractivity contribution in [2.45, 2.75) is 25.9 Å². The lowest BCUT2D eigenvalue weighted by atomic mass is 10.2. The van der Waals surface area contributed by atoms with Crippen LogP contribution < -0.4 is 10.6 Å². The molecule has 0 aliphatic carbocycles. The number of nitrogens with zero attached hydrogens (tertiary/aromatic N) is 2. The Morgan fingerprint density at radius 3 is 2.72 bits per heavy atom. The zero-order valence-electron chi connectivity index (χ0n) is 14.1. The second kappa shape index (κ2) is 9.58. The summed E-state index contributed by atoms with van der Waals surface area (Å²) < 4.78 is 0. The van der Waals surface area contributed by atoms with Crippen LogP contribution in [0.15, 0.2) is 59.4 Å². The van der Waals surface area contributed by atoms with E-state index in [9.17, 15) is 10.1 Å². The van der Waals surface area contributed by atoms with E-state index in [1.54, 1.807) is 29.5 Å². The maximum atomic E-state index is 10.7. The van der Waals surface area contributed by atoms with Crippen molar-refractivity contribution in [3.63, 3.8) is 0 Å². The first-order valence-electron chi connectivity index (χ1n) is 8.06. The van der Waals surface area contributed by atoms with Gasteiger partial charge >= 0.3 is 0 Å². The van der Waals surface area contributed by atoms with Crippen molar-refractivity contribution in [2.24, 2.45) is 4.99 Å². The highest BCUT2D eigenvalue weighted by Crippen LogP contribution is 2.21. The molecule has 0 bridgehead atoms. The summed E-state index contributed by atoms with van der Waals surface area (Å²) in [7, 11) is 0. The van der Waals surface area contributed by atoms with Gasteiger partial charge in [0.2, 0.25) is 0 Å². The lowest BCUT2D eigenvalue weighted by Gasteiger charge is -2.19. The molecule has 2 aromatic rings. The topological polar surface area (TPSA) is 79.6 Å². The maximum absolute atomic E-state index is 10.7. The van der Waals surface area contributed by atoms with Gasteiger partial charge in [0.15, 0.2) is 5.96 Å². The highest BCUT2D eigenvalue weighted by atomic mass is 32.1. The van der Waals surface area contributed by atoms with Crippen LogP contribution in [0.25, 0.3) is 0 Å². The second-order valence-corrected chi connectivity index (χ2v) is 6.36. The quantitative estimate of drug-likeness (QED) is 0.245. The number of nitrogens with one attached hydrogen (secondary N) is 2. The Balaban J connectivity index is 2.08. The molecule has 1 heterocycles. The Hall–Kier alpha value is -2.67. The molecule has 0 radical (unpaired) electrons. The molecule has 7 heteroatoms. The van der Waals surface area contributed by atoms with Crippen LogP contribution in [-0.4, -0.2) is 17.4 Å². The van der Waals surface area contributed by atoms with Crippen molar-refractivity contribution >= 4 is 23.0 Å². The largest absolute Gasteiger partial charge is 0.353 e. The zero-order valence-corrected chi connectivity index (χ0v) is 15.0. The smallest absolute Gasteiger partial charge is 0.269 e. The predicted octanol–water partition coefficient (Wildman–Crippen LogP) is 4.03. The predicted molar refractivity (Wildman–Crippen MR) is 103 cm³/mol. The van der Waals surface area contributed by atoms with Crippen molar-refractivity contribution in [2.75, 3.05) is 6.54 Å². The van der Waals surface area contributed by atoms with E-state index in [4.69, 9.17) is 0 Å². The molecule has 0 amide bonds. The first-order chi connectivity index (χ1) is 12.1. The van der Waals surface area contributed by atoms with Gasteiger partial charge in [0, 0.05) is 23.6 Å². The van der Waals surface area contributed by atoms with Gasteiger partial charge in [0.1, 0.15) is 0 Å². The Kier molecular flexibility index (Phi) is 7.16. The highest BCUT2D eigenvalue weighted by molar-refractivity contribution is 7.10. The summed E-state index contributed by atoms with van der Waals surface area (Å²) >= 11 is 1.71. The molecule has 25 heavy (non-hydrogen) atoms. The Morgan fingerprint density at radius 1 is 1.40 bits per heavy atom. The van der Waals surface area contributed by atoms with Crippen molar-refractivity contribution in [1.82, 2.24) is 10.6 Å². The van der Waals surface area contributed by atoms with E-state index in [1.807, 2.05) is 6.07 Å². The van der Waals surface area contributed by atoms with Crippen molar-refractivity contribution in [1.29, 1.82) is 0 Å². The number of hydrogen-bond donors (Lipinski definition) is 2. The average molecular weight is 358 g/mol. The molecule has 0 aliphatic rings. The minimum absolute atomic E-state index is 0.0830. The summed E-state index contributed by atoms with van der Waals surface area (Å²) in [5.74, 6) is 0.693. The third-order valence-corrected chi connectivity index (χ3v) is 4.57. The van der Waals surface area contributed by atoms with E-state index in [0.717, 1.165) is 12.0 Å². The Morgan fingerprint density at radius 2 is 2.16 bits per heavy atom. The standard InChI is InChI=1S/C18H22N4O2S/c1-3-11-19-18(21-16(4-2)17-6-5-12-25-17)20-13-14-7-9-15(10-8-14)22(23)24/h3,5-10,12,16H,1,4,11,13H2,2H3,(H2,19,20,21). The van der Waals surface area contributed by atoms with Gasteiger partial charge in [-0.05, 0) is 23.4 Å². The number of nitro groups is 1. The van der Waals surface area contributed by atoms with Gasteiger partial charge in [-0.1, -0.05) is 31.2 Å². The van der Waals surface area contributed by atoms with Crippen LogP contribution in [-0.2, 0) is 6.54 Å². The molecule has 0 spiro atoms. The molecule has 132 valence electrons. The molecule has 1 aromatic carbocycles. The van der Waals surface area contributed by atoms with Gasteiger partial charge in [-0.15, -0.1) is 17.9 Å². The van der Waals surface area contributed by atoms with Crippen LogP contribution in [0.1, 0.15) is 29.8 Å². The summed E-state index contributed by atoms with van der Waals surface area (Å²) in [6, 6.07) is 10.8. The molecule has 0 aliphatic heterocycles. The molecule has 1 aromatic heterocycles. The normalized spacial score (nSPS) is 12.4. The highest BCUT2D eigenvalue weighted by Gasteiger charge is 2.12. The van der Waals surface area contributed by atoms with Crippen LogP contribution in [0.3, 0.4) is 0 Å². The number of rotatable bonds is 8. The SMILES string of the molecule is C=CCNC(=NCc1ccc([N+](=O)[O-])cc1)NC(CC)c1cccs1. The molecular formula is C18H22N4O2S. The molecular weight excluding hydrogens is 336 g/mol. The lowest BCUT2D eigenvalue weighted by molar-refractivity contribution is -0.384. The van der Waals surface area contributed by atoms with Crippen molar-refractivity contribution in [3.8, 4) is 0 Å². The van der Waals surface area contributed by atoms with Crippen LogP contribution in [0.4, 0.5) is 5.69 Å². The van der Waals surface area contributed by atoms with E-state index < -0.39 is 4.92 Å². The summed E-state index contributed by atoms with van der Waals surface area (Å²) in [5.41, 5.74) is 0.995. The number of benzene rings is 1. The minimum Gasteiger partial charge on any atom is -0.353 e. The van der Waals surface area contributed by atoms with Gasteiger partial charge in [0.05, 0.1) is 17.5 Å². The fourth-order valence-corrected chi connectivity index (χ4v) is 3.11. The van der Waals surface area contributed by atoms with Crippen LogP contribution >= 0.6 is 11.3 Å². The monoisotopic (exact) mass is 358 g/mol. The Labute approximate surface area is 151 Å². The van der Waals surface area contributed by atoms with Crippen LogP contribution in [0.2, 0.25) is 0 Å². The zero-order chi connectivity index (χ0) is 18.1. The van der Waals surface area contributed by atoms with E-state index in [2.05, 4.69) is 40.6 Å². The van der Waals surface area contributed by atoms with E-state index in [1.165, 1.54) is 17.0 Å². The Bertz CT molecular complexity index is 711. The number of hydrogen-bond acceptors (Lipinski definition) is 4. The van der Waals surface area contributed by atoms with Gasteiger partial charge in [-0.3, -0.25) is 10.1 Å². The molecule has 0 saturated carbocycles. The molecule has 1 unspecified atom stereocenters. The summed E-state index contributed by atoms with van der Waals surface area (Å²) in [6.45, 7) is 6.88. The fraction of sp³-hybridized carbons (Fsp3) is 0.278. The number of nitro benzene ring substituents is 1. The van der Waals surface area contributed by atoms with Gasteiger partial charge in [0.25, 0.3) is 5.69 Å². The second-order valence-electron chi connectivity index (χ2n) is 5.38. The molecule has 2 rings (SSSR count). The molecule has 1 atom stereocenters. The third-order valence-electron chi connectivity index (χ3n) is 3.59. The number of guanidine groups is 1. The molecule has 6 nitrogen and oxygen atoms in total. The molecule has 0 saturated heterocycles. The van der Waals surface area contributed by atoms with Crippen LogP contribution in [0.5, 0.6) is 0 Å². The minimum atomic E-state index is -0.404. The summed E-state index contributed by atoms with van der Waals surface area (Å²) in [6.07, 6.45) is 2.71. The molecule has 0 fully saturated rings. The van der Waals surface area contributed by atoms with Crippen molar-refractivity contribution in [3.05, 3.63) is 75.0 Å². The average Bonchev–Trinajstić information content (AvgIpc) is 3.16. The van der Waals surface area contributed by atoms with E-state index in [-0.39, 0.29) is 11.7 Å². The number of thiophene rings is 1. The first-order valence-corrected chi connectivity index (χ1v) is 8.94. The van der Waals surface area contributed by atoms with Crippen LogP contribution in [0, 0.1) is 10.1 Å². The third kappa shape index (κ3) is 5.72. The fourth-order valence-electron chi connectivity index (χ4n) is 2.24. The van der Waals surface area contributed by atoms with E-state index in [0.29, 0.717) is 19.0 Å². The van der Waals surface area contributed by atoms with Gasteiger partial charge < -0.3 is 10.6 Å². The molecule has 2 N–H and O–H groups in total. The van der Waals surface area contributed by atoms with Crippen molar-refractivity contribution < 1.29 is 4.92 Å². The van der Waals surface area contributed by atoms with E-state index >= 15 is 0 Å². The van der Waals surface area contributed by atoms with Gasteiger partial charge in [-0.2, -0.15) is 0 Å².